The molecule has 1 amide bonds. The first-order chi connectivity index (χ1) is 20.6. The van der Waals surface area contributed by atoms with Crippen LogP contribution < -0.4 is 14.8 Å². The maximum atomic E-state index is 12.8. The second kappa shape index (κ2) is 11.6. The third kappa shape index (κ3) is 6.69. The fourth-order valence-electron chi connectivity index (χ4n) is 6.39. The number of fused-ring (bicyclic) bond motifs is 1. The van der Waals surface area contributed by atoms with Gasteiger partial charge in [-0.3, -0.25) is 4.79 Å². The molecule has 2 fully saturated rings. The maximum Gasteiger partial charge on any atom is 0.224 e. The second-order valence-electron chi connectivity index (χ2n) is 12.8. The Morgan fingerprint density at radius 3 is 2.30 bits per heavy atom. The molecule has 2 aliphatic carbocycles. The molecule has 2 aromatic heterocycles. The molecule has 0 saturated heterocycles. The molecule has 9 heteroatoms. The Labute approximate surface area is 251 Å². The average molecular weight is 586 g/mol. The third-order valence-corrected chi connectivity index (χ3v) is 8.47. The van der Waals surface area contributed by atoms with Crippen LogP contribution in [0.2, 0.25) is 0 Å². The van der Waals surface area contributed by atoms with Crippen LogP contribution in [0.25, 0.3) is 16.6 Å². The number of nitrogens with one attached hydrogen (secondary N) is 1. The van der Waals surface area contributed by atoms with Crippen LogP contribution in [0, 0.1) is 5.41 Å². The number of pyridine rings is 1. The third-order valence-electron chi connectivity index (χ3n) is 8.47. The van der Waals surface area contributed by atoms with Gasteiger partial charge in [0.1, 0.15) is 18.1 Å². The first-order valence-electron chi connectivity index (χ1n) is 14.8. The number of carbonyl (C=O) groups excluding carboxylic acids is 1. The molecule has 4 aromatic rings. The smallest absolute Gasteiger partial charge is 0.224 e. The molecule has 6 rings (SSSR count). The predicted molar refractivity (Wildman–Crippen MR) is 162 cm³/mol. The summed E-state index contributed by atoms with van der Waals surface area (Å²) in [7, 11) is 0. The Morgan fingerprint density at radius 1 is 0.977 bits per heavy atom. The number of benzene rings is 2. The van der Waals surface area contributed by atoms with Gasteiger partial charge in [-0.25, -0.2) is 4.52 Å². The van der Waals surface area contributed by atoms with Gasteiger partial charge in [0.2, 0.25) is 5.91 Å². The molecule has 0 aliphatic heterocycles. The number of hydrogen-bond acceptors (Lipinski definition) is 7. The molecule has 0 bridgehead atoms. The highest BCUT2D eigenvalue weighted by atomic mass is 16.5. The van der Waals surface area contributed by atoms with Gasteiger partial charge in [-0.05, 0) is 104 Å². The fourth-order valence-corrected chi connectivity index (χ4v) is 6.39. The summed E-state index contributed by atoms with van der Waals surface area (Å²) in [6.45, 7) is 3.42. The van der Waals surface area contributed by atoms with E-state index in [1.54, 1.807) is 36.8 Å². The van der Waals surface area contributed by atoms with Crippen molar-refractivity contribution < 1.29 is 29.6 Å². The van der Waals surface area contributed by atoms with Gasteiger partial charge in [0.25, 0.3) is 0 Å². The molecule has 2 aliphatic rings. The van der Waals surface area contributed by atoms with Crippen molar-refractivity contribution in [3.05, 3.63) is 83.7 Å². The Hall–Kier alpha value is -3.92. The topological polar surface area (TPSA) is 126 Å². The van der Waals surface area contributed by atoms with Crippen LogP contribution in [0.1, 0.15) is 56.2 Å². The number of aromatic nitrogens is 2. The summed E-state index contributed by atoms with van der Waals surface area (Å²) < 4.78 is 13.6. The van der Waals surface area contributed by atoms with Gasteiger partial charge in [-0.2, -0.15) is 5.10 Å². The molecule has 43 heavy (non-hydrogen) atoms. The SMILES string of the molecule is CC(C)(O)COc1ccc2c(CC(=O)NC3CC4(C3)CC(Oc3ccc(-c5cc(CO)cc(CO)c5)cc3)C4)cnn2c1. The van der Waals surface area contributed by atoms with Crippen LogP contribution >= 0.6 is 0 Å². The van der Waals surface area contributed by atoms with E-state index in [-0.39, 0.29) is 49.7 Å². The van der Waals surface area contributed by atoms with Crippen LogP contribution in [-0.4, -0.2) is 55.2 Å². The molecule has 0 radical (unpaired) electrons. The van der Waals surface area contributed by atoms with Gasteiger partial charge in [0, 0.05) is 11.6 Å². The lowest BCUT2D eigenvalue weighted by Gasteiger charge is -2.57. The highest BCUT2D eigenvalue weighted by Crippen LogP contribution is 2.56. The molecular weight excluding hydrogens is 546 g/mol. The number of carbonyl (C=O) groups is 1. The number of hydrogen-bond donors (Lipinski definition) is 4. The lowest BCUT2D eigenvalue weighted by atomic mass is 9.53. The number of aliphatic hydroxyl groups is 3. The van der Waals surface area contributed by atoms with Gasteiger partial charge in [-0.1, -0.05) is 18.2 Å². The van der Waals surface area contributed by atoms with Crippen LogP contribution in [-0.2, 0) is 24.4 Å². The number of rotatable bonds is 11. The van der Waals surface area contributed by atoms with E-state index < -0.39 is 5.60 Å². The highest BCUT2D eigenvalue weighted by molar-refractivity contribution is 5.81. The minimum absolute atomic E-state index is 0.0000420. The van der Waals surface area contributed by atoms with Crippen molar-refractivity contribution >= 4 is 11.4 Å². The summed E-state index contributed by atoms with van der Waals surface area (Å²) in [5, 5.41) is 36.5. The van der Waals surface area contributed by atoms with Crippen molar-refractivity contribution in [2.45, 2.75) is 76.9 Å². The van der Waals surface area contributed by atoms with E-state index in [2.05, 4.69) is 10.4 Å². The van der Waals surface area contributed by atoms with E-state index in [0.29, 0.717) is 5.75 Å². The van der Waals surface area contributed by atoms with Gasteiger partial charge >= 0.3 is 0 Å². The zero-order valence-corrected chi connectivity index (χ0v) is 24.6. The van der Waals surface area contributed by atoms with Gasteiger partial charge in [-0.15, -0.1) is 0 Å². The van der Waals surface area contributed by atoms with Gasteiger partial charge in [0.05, 0.1) is 49.2 Å². The summed E-state index contributed by atoms with van der Waals surface area (Å²) in [5.74, 6) is 1.44. The van der Waals surface area contributed by atoms with E-state index in [1.165, 1.54) is 0 Å². The van der Waals surface area contributed by atoms with Crippen molar-refractivity contribution in [2.24, 2.45) is 5.41 Å². The quantitative estimate of drug-likeness (QED) is 0.208. The van der Waals surface area contributed by atoms with E-state index in [4.69, 9.17) is 9.47 Å². The number of amides is 1. The van der Waals surface area contributed by atoms with Crippen molar-refractivity contribution in [1.82, 2.24) is 14.9 Å². The summed E-state index contributed by atoms with van der Waals surface area (Å²) in [4.78, 5) is 12.8. The summed E-state index contributed by atoms with van der Waals surface area (Å²) in [6.07, 6.45) is 7.85. The van der Waals surface area contributed by atoms with E-state index in [0.717, 1.165) is 64.8 Å². The largest absolute Gasteiger partial charge is 0.490 e. The molecule has 226 valence electrons. The summed E-state index contributed by atoms with van der Waals surface area (Å²) >= 11 is 0. The maximum absolute atomic E-state index is 12.8. The van der Waals surface area contributed by atoms with Crippen molar-refractivity contribution in [3.63, 3.8) is 0 Å². The Kier molecular flexibility index (Phi) is 7.89. The fraction of sp³-hybridized carbons (Fsp3) is 0.412. The molecule has 2 saturated carbocycles. The average Bonchev–Trinajstić information content (AvgIpc) is 3.35. The van der Waals surface area contributed by atoms with Crippen molar-refractivity contribution in [3.8, 4) is 22.6 Å². The Morgan fingerprint density at radius 2 is 1.65 bits per heavy atom. The zero-order valence-electron chi connectivity index (χ0n) is 24.6. The molecule has 4 N–H and O–H groups in total. The van der Waals surface area contributed by atoms with Crippen molar-refractivity contribution in [2.75, 3.05) is 6.61 Å². The van der Waals surface area contributed by atoms with Crippen LogP contribution in [0.4, 0.5) is 0 Å². The predicted octanol–water partition coefficient (Wildman–Crippen LogP) is 4.18. The van der Waals surface area contributed by atoms with E-state index in [9.17, 15) is 20.1 Å². The molecule has 0 atom stereocenters. The van der Waals surface area contributed by atoms with Crippen LogP contribution in [0.5, 0.6) is 11.5 Å². The summed E-state index contributed by atoms with van der Waals surface area (Å²) in [6, 6.07) is 17.5. The van der Waals surface area contributed by atoms with E-state index in [1.807, 2.05) is 48.5 Å². The molecule has 2 aromatic carbocycles. The first-order valence-corrected chi connectivity index (χ1v) is 14.8. The molecule has 0 unspecified atom stereocenters. The highest BCUT2D eigenvalue weighted by Gasteiger charge is 2.54. The van der Waals surface area contributed by atoms with E-state index >= 15 is 0 Å². The monoisotopic (exact) mass is 585 g/mol. The van der Waals surface area contributed by atoms with Gasteiger partial charge in [0.15, 0.2) is 0 Å². The molecule has 1 spiro atoms. The zero-order chi connectivity index (χ0) is 30.2. The molecule has 9 nitrogen and oxygen atoms in total. The summed E-state index contributed by atoms with van der Waals surface area (Å²) in [5.41, 5.74) is 4.56. The lowest BCUT2D eigenvalue weighted by Crippen LogP contribution is -2.58. The van der Waals surface area contributed by atoms with Crippen LogP contribution in [0.15, 0.2) is 67.0 Å². The second-order valence-corrected chi connectivity index (χ2v) is 12.8. The van der Waals surface area contributed by atoms with Crippen LogP contribution in [0.3, 0.4) is 0 Å². The number of ether oxygens (including phenoxy) is 2. The normalized spacial score (nSPS) is 21.3. The Balaban J connectivity index is 0.951. The minimum Gasteiger partial charge on any atom is -0.490 e. The number of aliphatic hydroxyl groups excluding tert-OH is 2. The standard InChI is InChI=1S/C34H39N3O6/c1-33(2,41)21-42-29-7-8-31-26(17-35-37(31)18-29)12-32(40)36-27-13-34(14-27)15-30(16-34)43-28-5-3-24(4-6-28)25-10-22(19-38)9-23(11-25)20-39/h3-11,17-18,27,30,38-39,41H,12-16,19-21H2,1-2H3,(H,36,40). The number of nitrogens with zero attached hydrogens (tertiary/aromatic N) is 2. The van der Waals surface area contributed by atoms with Gasteiger partial charge < -0.3 is 30.1 Å². The first kappa shape index (κ1) is 29.2. The molecule has 2 heterocycles. The van der Waals surface area contributed by atoms with Crippen molar-refractivity contribution in [1.29, 1.82) is 0 Å². The Bertz CT molecular complexity index is 1570. The molecular formula is C34H39N3O6. The minimum atomic E-state index is -0.925. The lowest BCUT2D eigenvalue weighted by molar-refractivity contribution is -0.126.